The molecule has 0 heterocycles. The third kappa shape index (κ3) is 2.00. The smallest absolute Gasteiger partial charge is 0.242 e. The monoisotopic (exact) mass is 213 g/mol. The van der Waals surface area contributed by atoms with Crippen molar-refractivity contribution in [3.8, 4) is 0 Å². The van der Waals surface area contributed by atoms with Crippen molar-refractivity contribution in [3.63, 3.8) is 0 Å². The highest BCUT2D eigenvalue weighted by molar-refractivity contribution is 7.89. The number of hydrogen-bond acceptors (Lipinski definition) is 3. The van der Waals surface area contributed by atoms with E-state index in [0.29, 0.717) is 11.8 Å². The quantitative estimate of drug-likeness (QED) is 0.696. The molecule has 0 aromatic heterocycles. The molecule has 1 aromatic rings. The average Bonchev–Trinajstić information content (AvgIpc) is 2.17. The summed E-state index contributed by atoms with van der Waals surface area (Å²) in [6.45, 7) is 0. The number of carbonyl (C=O) groups excluding carboxylic acids is 1. The summed E-state index contributed by atoms with van der Waals surface area (Å²) >= 11 is 0. The zero-order chi connectivity index (χ0) is 10.8. The van der Waals surface area contributed by atoms with Gasteiger partial charge in [0.25, 0.3) is 0 Å². The highest BCUT2D eigenvalue weighted by Crippen LogP contribution is 2.12. The van der Waals surface area contributed by atoms with Crippen molar-refractivity contribution < 1.29 is 13.2 Å². The van der Waals surface area contributed by atoms with E-state index in [1.807, 2.05) is 0 Å². The number of nitrogens with zero attached hydrogens (tertiary/aromatic N) is 1. The molecule has 0 spiro atoms. The summed E-state index contributed by atoms with van der Waals surface area (Å²) in [7, 11) is -0.462. The van der Waals surface area contributed by atoms with Crippen LogP contribution in [0.25, 0.3) is 0 Å². The predicted molar refractivity (Wildman–Crippen MR) is 52.7 cm³/mol. The summed E-state index contributed by atoms with van der Waals surface area (Å²) in [4.78, 5) is 10.5. The molecule has 76 valence electrons. The van der Waals surface area contributed by atoms with E-state index in [1.54, 1.807) is 0 Å². The summed E-state index contributed by atoms with van der Waals surface area (Å²) < 4.78 is 24.3. The van der Waals surface area contributed by atoms with Crippen LogP contribution in [0.5, 0.6) is 0 Å². The minimum absolute atomic E-state index is 0.188. The van der Waals surface area contributed by atoms with Crippen molar-refractivity contribution in [1.29, 1.82) is 0 Å². The first-order chi connectivity index (χ1) is 6.48. The van der Waals surface area contributed by atoms with E-state index in [0.717, 1.165) is 4.31 Å². The highest BCUT2D eigenvalue weighted by Gasteiger charge is 2.16. The van der Waals surface area contributed by atoms with Gasteiger partial charge in [-0.15, -0.1) is 0 Å². The zero-order valence-electron chi connectivity index (χ0n) is 7.97. The van der Waals surface area contributed by atoms with Gasteiger partial charge in [-0.3, -0.25) is 4.79 Å². The molecule has 1 rings (SSSR count). The lowest BCUT2D eigenvalue weighted by atomic mass is 10.2. The second kappa shape index (κ2) is 3.89. The van der Waals surface area contributed by atoms with Crippen molar-refractivity contribution in [1.82, 2.24) is 4.31 Å². The van der Waals surface area contributed by atoms with Gasteiger partial charge in [0.05, 0.1) is 4.90 Å². The molecule has 0 aliphatic carbocycles. The number of benzene rings is 1. The van der Waals surface area contributed by atoms with Gasteiger partial charge in [0.1, 0.15) is 6.29 Å². The van der Waals surface area contributed by atoms with Gasteiger partial charge in [-0.25, -0.2) is 12.7 Å². The third-order valence-corrected chi connectivity index (χ3v) is 3.62. The first kappa shape index (κ1) is 10.9. The molecule has 0 atom stereocenters. The molecule has 0 amide bonds. The van der Waals surface area contributed by atoms with Gasteiger partial charge in [0, 0.05) is 19.7 Å². The molecule has 1 aromatic carbocycles. The molecule has 0 aliphatic heterocycles. The first-order valence-electron chi connectivity index (χ1n) is 3.96. The molecule has 14 heavy (non-hydrogen) atoms. The van der Waals surface area contributed by atoms with Crippen LogP contribution in [0.4, 0.5) is 0 Å². The fourth-order valence-corrected chi connectivity index (χ4v) is 1.83. The lowest BCUT2D eigenvalue weighted by Crippen LogP contribution is -2.22. The van der Waals surface area contributed by atoms with Crippen molar-refractivity contribution in [3.05, 3.63) is 29.8 Å². The second-order valence-corrected chi connectivity index (χ2v) is 5.13. The Morgan fingerprint density at radius 2 is 1.64 bits per heavy atom. The second-order valence-electron chi connectivity index (χ2n) is 2.97. The van der Waals surface area contributed by atoms with Gasteiger partial charge in [0.2, 0.25) is 10.0 Å². The lowest BCUT2D eigenvalue weighted by molar-refractivity contribution is 0.112. The van der Waals surface area contributed by atoms with Gasteiger partial charge >= 0.3 is 0 Å². The van der Waals surface area contributed by atoms with Crippen LogP contribution < -0.4 is 0 Å². The minimum atomic E-state index is -3.38. The predicted octanol–water partition coefficient (Wildman–Crippen LogP) is 0.749. The van der Waals surface area contributed by atoms with Crippen molar-refractivity contribution in [2.45, 2.75) is 4.90 Å². The summed E-state index contributed by atoms with van der Waals surface area (Å²) in [6.07, 6.45) is 0.673. The first-order valence-corrected chi connectivity index (χ1v) is 5.40. The van der Waals surface area contributed by atoms with Gasteiger partial charge in [-0.2, -0.15) is 0 Å². The fraction of sp³-hybridized carbons (Fsp3) is 0.222. The number of carbonyl (C=O) groups is 1. The van der Waals surface area contributed by atoms with Crippen LogP contribution in [0.2, 0.25) is 0 Å². The van der Waals surface area contributed by atoms with Crippen LogP contribution in [0.3, 0.4) is 0 Å². The largest absolute Gasteiger partial charge is 0.298 e. The molecule has 0 aliphatic rings. The van der Waals surface area contributed by atoms with Crippen LogP contribution in [-0.2, 0) is 10.0 Å². The van der Waals surface area contributed by atoms with Gasteiger partial charge in [-0.1, -0.05) is 12.1 Å². The van der Waals surface area contributed by atoms with Crippen LogP contribution in [0, 0.1) is 0 Å². The Morgan fingerprint density at radius 3 is 2.00 bits per heavy atom. The van der Waals surface area contributed by atoms with Crippen LogP contribution in [-0.4, -0.2) is 33.1 Å². The van der Waals surface area contributed by atoms with E-state index in [2.05, 4.69) is 0 Å². The molecule has 4 nitrogen and oxygen atoms in total. The Hall–Kier alpha value is -1.20. The number of rotatable bonds is 3. The number of hydrogen-bond donors (Lipinski definition) is 0. The third-order valence-electron chi connectivity index (χ3n) is 1.79. The standard InChI is InChI=1S/C9H11NO3S/c1-10(2)14(12,13)9-5-3-8(7-11)4-6-9/h3-7H,1-2H3. The molecule has 0 N–H and O–H groups in total. The van der Waals surface area contributed by atoms with E-state index in [4.69, 9.17) is 0 Å². The Labute approximate surface area is 83.2 Å². The summed E-state index contributed by atoms with van der Waals surface area (Å²) in [5.41, 5.74) is 0.461. The fourth-order valence-electron chi connectivity index (χ4n) is 0.929. The molecule has 0 bridgehead atoms. The molecule has 0 fully saturated rings. The molecule has 0 unspecified atom stereocenters. The molecule has 0 saturated carbocycles. The van der Waals surface area contributed by atoms with Crippen LogP contribution in [0.1, 0.15) is 10.4 Å². The number of sulfonamides is 1. The van der Waals surface area contributed by atoms with Crippen molar-refractivity contribution >= 4 is 16.3 Å². The van der Waals surface area contributed by atoms with Gasteiger partial charge in [-0.05, 0) is 12.1 Å². The molecule has 5 heteroatoms. The highest BCUT2D eigenvalue weighted by atomic mass is 32.2. The van der Waals surface area contributed by atoms with Crippen molar-refractivity contribution in [2.24, 2.45) is 0 Å². The Morgan fingerprint density at radius 1 is 1.14 bits per heavy atom. The normalized spacial score (nSPS) is 11.6. The summed E-state index contributed by atoms with van der Waals surface area (Å²) in [5, 5.41) is 0. The molecule has 0 radical (unpaired) electrons. The summed E-state index contributed by atoms with van der Waals surface area (Å²) in [6, 6.07) is 5.78. The SMILES string of the molecule is CN(C)S(=O)(=O)c1ccc(C=O)cc1. The Bertz CT molecular complexity index is 420. The molecule has 0 saturated heterocycles. The van der Waals surface area contributed by atoms with Crippen LogP contribution >= 0.6 is 0 Å². The topological polar surface area (TPSA) is 54.5 Å². The molecular formula is C9H11NO3S. The van der Waals surface area contributed by atoms with E-state index in [9.17, 15) is 13.2 Å². The van der Waals surface area contributed by atoms with E-state index < -0.39 is 10.0 Å². The Balaban J connectivity index is 3.16. The minimum Gasteiger partial charge on any atom is -0.298 e. The van der Waals surface area contributed by atoms with E-state index >= 15 is 0 Å². The maximum Gasteiger partial charge on any atom is 0.242 e. The van der Waals surface area contributed by atoms with Gasteiger partial charge < -0.3 is 0 Å². The van der Waals surface area contributed by atoms with Crippen molar-refractivity contribution in [2.75, 3.05) is 14.1 Å². The van der Waals surface area contributed by atoms with E-state index in [1.165, 1.54) is 38.4 Å². The zero-order valence-corrected chi connectivity index (χ0v) is 8.78. The molecular weight excluding hydrogens is 202 g/mol. The maximum atomic E-state index is 11.6. The van der Waals surface area contributed by atoms with Crippen LogP contribution in [0.15, 0.2) is 29.2 Å². The lowest BCUT2D eigenvalue weighted by Gasteiger charge is -2.10. The Kier molecular flexibility index (Phi) is 3.03. The summed E-state index contributed by atoms with van der Waals surface area (Å²) in [5.74, 6) is 0. The average molecular weight is 213 g/mol. The number of aldehydes is 1. The maximum absolute atomic E-state index is 11.6. The van der Waals surface area contributed by atoms with Gasteiger partial charge in [0.15, 0.2) is 0 Å². The van der Waals surface area contributed by atoms with E-state index in [-0.39, 0.29) is 4.90 Å².